The molecular formula is C17H13ClN2OSi. The Kier molecular flexibility index (Phi) is 3.89. The molecule has 1 unspecified atom stereocenters. The molecular weight excluding hydrogens is 312 g/mol. The van der Waals surface area contributed by atoms with E-state index < -0.39 is 0 Å². The van der Waals surface area contributed by atoms with Crippen LogP contribution in [0.15, 0.2) is 30.3 Å². The zero-order chi connectivity index (χ0) is 15.7. The van der Waals surface area contributed by atoms with Crippen LogP contribution in [0.5, 0.6) is 5.75 Å². The lowest BCUT2D eigenvalue weighted by Gasteiger charge is -2.22. The van der Waals surface area contributed by atoms with E-state index in [9.17, 15) is 0 Å². The Morgan fingerprint density at radius 2 is 2.05 bits per heavy atom. The van der Waals surface area contributed by atoms with Gasteiger partial charge in [-0.3, -0.25) is 0 Å². The summed E-state index contributed by atoms with van der Waals surface area (Å²) in [5.41, 5.74) is 4.62. The average molecular weight is 325 g/mol. The van der Waals surface area contributed by atoms with Gasteiger partial charge >= 0.3 is 0 Å². The smallest absolute Gasteiger partial charge is 0.128 e. The van der Waals surface area contributed by atoms with Crippen LogP contribution in [0.4, 0.5) is 0 Å². The summed E-state index contributed by atoms with van der Waals surface area (Å²) in [4.78, 5) is 0. The molecule has 1 aliphatic rings. The normalized spacial score (nSPS) is 13.2. The van der Waals surface area contributed by atoms with Gasteiger partial charge in [-0.2, -0.15) is 10.5 Å². The van der Waals surface area contributed by atoms with Gasteiger partial charge in [-0.15, -0.1) is 0 Å². The fourth-order valence-corrected chi connectivity index (χ4v) is 3.34. The first-order valence-electron chi connectivity index (χ1n) is 7.00. The van der Waals surface area contributed by atoms with E-state index in [1.165, 1.54) is 0 Å². The van der Waals surface area contributed by atoms with Crippen molar-refractivity contribution in [3.8, 4) is 29.0 Å². The maximum Gasteiger partial charge on any atom is 0.128 e. The van der Waals surface area contributed by atoms with Gasteiger partial charge < -0.3 is 4.74 Å². The number of ether oxygens (including phenoxy) is 1. The molecule has 0 amide bonds. The topological polar surface area (TPSA) is 56.8 Å². The molecule has 0 aromatic heterocycles. The zero-order valence-electron chi connectivity index (χ0n) is 12.1. The monoisotopic (exact) mass is 324 g/mol. The molecule has 22 heavy (non-hydrogen) atoms. The highest BCUT2D eigenvalue weighted by Gasteiger charge is 2.20. The number of hydrogen-bond acceptors (Lipinski definition) is 3. The Hall–Kier alpha value is -2.27. The summed E-state index contributed by atoms with van der Waals surface area (Å²) in [5, 5.41) is 18.6. The molecule has 108 valence electrons. The van der Waals surface area contributed by atoms with Crippen LogP contribution in [0, 0.1) is 22.7 Å². The number of hydrogen-bond donors (Lipinski definition) is 0. The Morgan fingerprint density at radius 1 is 1.23 bits per heavy atom. The van der Waals surface area contributed by atoms with Crippen molar-refractivity contribution in [1.82, 2.24) is 0 Å². The van der Waals surface area contributed by atoms with Crippen LogP contribution in [-0.2, 0) is 13.0 Å². The van der Waals surface area contributed by atoms with Gasteiger partial charge in [0.1, 0.15) is 12.4 Å². The number of nitriles is 2. The molecule has 0 spiro atoms. The van der Waals surface area contributed by atoms with Crippen molar-refractivity contribution < 1.29 is 4.74 Å². The first-order valence-corrected chi connectivity index (χ1v) is 8.54. The van der Waals surface area contributed by atoms with Crippen molar-refractivity contribution in [3.63, 3.8) is 0 Å². The van der Waals surface area contributed by atoms with Crippen LogP contribution in [0.1, 0.15) is 16.7 Å². The molecule has 2 aromatic carbocycles. The Balaban J connectivity index is 2.06. The number of rotatable bonds is 2. The second kappa shape index (κ2) is 5.85. The van der Waals surface area contributed by atoms with Gasteiger partial charge in [-0.05, 0) is 47.4 Å². The third kappa shape index (κ3) is 2.59. The molecule has 0 fully saturated rings. The largest absolute Gasteiger partial charge is 0.488 e. The lowest BCUT2D eigenvalue weighted by molar-refractivity contribution is 0.302. The van der Waals surface area contributed by atoms with E-state index in [1.807, 2.05) is 24.3 Å². The second-order valence-corrected chi connectivity index (χ2v) is 7.25. The van der Waals surface area contributed by atoms with E-state index in [0.717, 1.165) is 38.2 Å². The number of fused-ring (bicyclic) bond motifs is 3. The number of nitrogens with zero attached hydrogens (tertiary/aromatic N) is 2. The maximum atomic E-state index is 8.99. The average Bonchev–Trinajstić information content (AvgIpc) is 2.54. The van der Waals surface area contributed by atoms with Crippen molar-refractivity contribution in [2.24, 2.45) is 0 Å². The van der Waals surface area contributed by atoms with E-state index in [4.69, 9.17) is 26.9 Å². The van der Waals surface area contributed by atoms with Crippen LogP contribution < -0.4 is 4.74 Å². The highest BCUT2D eigenvalue weighted by atomic mass is 35.5. The number of halogens is 1. The summed E-state index contributed by atoms with van der Waals surface area (Å²) in [6, 6.07) is 13.9. The van der Waals surface area contributed by atoms with Gasteiger partial charge in [0.15, 0.2) is 0 Å². The molecule has 1 heterocycles. The van der Waals surface area contributed by atoms with E-state index in [1.54, 1.807) is 6.07 Å². The van der Waals surface area contributed by atoms with Crippen molar-refractivity contribution in [2.75, 3.05) is 0 Å². The van der Waals surface area contributed by atoms with E-state index in [-0.39, 0.29) is 5.54 Å². The molecule has 1 atom stereocenters. The van der Waals surface area contributed by atoms with Gasteiger partial charge in [0.25, 0.3) is 0 Å². The lowest BCUT2D eigenvalue weighted by atomic mass is 9.94. The molecule has 0 saturated heterocycles. The van der Waals surface area contributed by atoms with E-state index in [2.05, 4.69) is 12.1 Å². The third-order valence-electron chi connectivity index (χ3n) is 3.80. The molecule has 2 aromatic rings. The maximum absolute atomic E-state index is 8.99. The Morgan fingerprint density at radius 3 is 2.77 bits per heavy atom. The summed E-state index contributed by atoms with van der Waals surface area (Å²) in [6.07, 6.45) is 0.665. The highest BCUT2D eigenvalue weighted by Crippen LogP contribution is 2.41. The molecule has 0 radical (unpaired) electrons. The van der Waals surface area contributed by atoms with Crippen molar-refractivity contribution >= 4 is 21.8 Å². The van der Waals surface area contributed by atoms with Gasteiger partial charge in [-0.25, -0.2) is 0 Å². The second-order valence-electron chi connectivity index (χ2n) is 5.45. The summed E-state index contributed by atoms with van der Waals surface area (Å²) >= 11 is 6.39. The van der Waals surface area contributed by atoms with Crippen LogP contribution in [0.25, 0.3) is 11.1 Å². The summed E-state index contributed by atoms with van der Waals surface area (Å²) < 4.78 is 5.82. The zero-order valence-corrected chi connectivity index (χ0v) is 14.8. The standard InChI is InChI=1S/C17H13ClN2OSi/c18-16-6-15-14-2-1-10(7-19)3-12(14)9-21-17(15)5-11(16)4-13(22)8-20/h1-3,5-6,13H,4,9H2,22H3. The predicted molar refractivity (Wildman–Crippen MR) is 88.9 cm³/mol. The first-order chi connectivity index (χ1) is 10.6. The van der Waals surface area contributed by atoms with Crippen LogP contribution in [0.3, 0.4) is 0 Å². The number of benzene rings is 2. The van der Waals surface area contributed by atoms with E-state index in [0.29, 0.717) is 23.6 Å². The van der Waals surface area contributed by atoms with Crippen molar-refractivity contribution in [1.29, 1.82) is 10.5 Å². The summed E-state index contributed by atoms with van der Waals surface area (Å²) in [5.74, 6) is 0.795. The minimum Gasteiger partial charge on any atom is -0.488 e. The lowest BCUT2D eigenvalue weighted by Crippen LogP contribution is -2.07. The first kappa shape index (κ1) is 14.7. The van der Waals surface area contributed by atoms with Crippen LogP contribution in [0.2, 0.25) is 10.6 Å². The molecule has 5 heteroatoms. The van der Waals surface area contributed by atoms with Crippen molar-refractivity contribution in [3.05, 3.63) is 52.0 Å². The molecule has 0 saturated carbocycles. The molecule has 0 aliphatic carbocycles. The quantitative estimate of drug-likeness (QED) is 0.798. The van der Waals surface area contributed by atoms with Gasteiger partial charge in [-0.1, -0.05) is 17.7 Å². The highest BCUT2D eigenvalue weighted by molar-refractivity contribution is 6.32. The van der Waals surface area contributed by atoms with Crippen LogP contribution in [-0.4, -0.2) is 10.2 Å². The van der Waals surface area contributed by atoms with Gasteiger partial charge in [0.2, 0.25) is 0 Å². The van der Waals surface area contributed by atoms with Gasteiger partial charge in [0, 0.05) is 26.4 Å². The molecule has 0 N–H and O–H groups in total. The van der Waals surface area contributed by atoms with Gasteiger partial charge in [0.05, 0.1) is 17.7 Å². The predicted octanol–water partition coefficient (Wildman–Crippen LogP) is 2.99. The Labute approximate surface area is 137 Å². The van der Waals surface area contributed by atoms with E-state index >= 15 is 0 Å². The molecule has 1 aliphatic heterocycles. The van der Waals surface area contributed by atoms with Crippen molar-refractivity contribution in [2.45, 2.75) is 18.6 Å². The molecule has 3 rings (SSSR count). The minimum atomic E-state index is 0.0459. The van der Waals surface area contributed by atoms with Crippen LogP contribution >= 0.6 is 11.6 Å². The minimum absolute atomic E-state index is 0.0459. The fraction of sp³-hybridized carbons (Fsp3) is 0.176. The SMILES string of the molecule is N#Cc1ccc2c(c1)COc1cc(CC([SiH3])C#N)c(Cl)cc1-2. The molecule has 3 nitrogen and oxygen atoms in total. The summed E-state index contributed by atoms with van der Waals surface area (Å²) in [7, 11) is 0.816. The Bertz CT molecular complexity index is 836. The third-order valence-corrected chi connectivity index (χ3v) is 4.82. The summed E-state index contributed by atoms with van der Waals surface area (Å²) in [6.45, 7) is 0.446. The molecule has 0 bridgehead atoms. The fourth-order valence-electron chi connectivity index (χ4n) is 2.66.